The number of anilines is 1. The third-order valence-electron chi connectivity index (χ3n) is 2.77. The standard InChI is InChI=1S/C16H16Cl2FNO/c1-10(2)21-16-11(7-12(17)8-15(16)18)9-20-14-5-3-13(19)4-6-14/h3-8,10,20H,9H2,1-2H3. The number of nitrogens with one attached hydrogen (secondary N) is 1. The lowest BCUT2D eigenvalue weighted by atomic mass is 10.2. The minimum absolute atomic E-state index is 0.00764. The van der Waals surface area contributed by atoms with Crippen molar-refractivity contribution in [2.45, 2.75) is 26.5 Å². The zero-order chi connectivity index (χ0) is 15.4. The van der Waals surface area contributed by atoms with Crippen LogP contribution in [0.1, 0.15) is 19.4 Å². The minimum atomic E-state index is -0.268. The summed E-state index contributed by atoms with van der Waals surface area (Å²) in [5.41, 5.74) is 1.66. The zero-order valence-electron chi connectivity index (χ0n) is 11.8. The third kappa shape index (κ3) is 4.51. The first kappa shape index (κ1) is 15.9. The second-order valence-electron chi connectivity index (χ2n) is 4.90. The van der Waals surface area contributed by atoms with Crippen LogP contribution in [0.25, 0.3) is 0 Å². The molecule has 0 fully saturated rings. The van der Waals surface area contributed by atoms with Crippen molar-refractivity contribution < 1.29 is 9.13 Å². The Morgan fingerprint density at radius 2 is 1.81 bits per heavy atom. The van der Waals surface area contributed by atoms with E-state index in [9.17, 15) is 4.39 Å². The minimum Gasteiger partial charge on any atom is -0.489 e. The van der Waals surface area contributed by atoms with Crippen molar-refractivity contribution in [3.05, 3.63) is 57.8 Å². The van der Waals surface area contributed by atoms with Gasteiger partial charge in [-0.1, -0.05) is 23.2 Å². The van der Waals surface area contributed by atoms with Gasteiger partial charge in [0.15, 0.2) is 0 Å². The normalized spacial score (nSPS) is 10.8. The fourth-order valence-electron chi connectivity index (χ4n) is 1.88. The van der Waals surface area contributed by atoms with Crippen LogP contribution in [0.2, 0.25) is 10.0 Å². The lowest BCUT2D eigenvalue weighted by molar-refractivity contribution is 0.240. The maximum atomic E-state index is 12.9. The van der Waals surface area contributed by atoms with Gasteiger partial charge >= 0.3 is 0 Å². The lowest BCUT2D eigenvalue weighted by Gasteiger charge is -2.17. The number of halogens is 3. The molecular weight excluding hydrogens is 312 g/mol. The van der Waals surface area contributed by atoms with Crippen LogP contribution in [0.4, 0.5) is 10.1 Å². The highest BCUT2D eigenvalue weighted by Crippen LogP contribution is 2.33. The van der Waals surface area contributed by atoms with Gasteiger partial charge in [-0.15, -0.1) is 0 Å². The highest BCUT2D eigenvalue weighted by molar-refractivity contribution is 6.35. The van der Waals surface area contributed by atoms with Crippen molar-refractivity contribution in [2.24, 2.45) is 0 Å². The van der Waals surface area contributed by atoms with Gasteiger partial charge in [0.2, 0.25) is 0 Å². The molecule has 0 aliphatic rings. The molecule has 0 aliphatic heterocycles. The van der Waals surface area contributed by atoms with E-state index in [1.807, 2.05) is 19.9 Å². The number of hydrogen-bond acceptors (Lipinski definition) is 2. The summed E-state index contributed by atoms with van der Waals surface area (Å²) < 4.78 is 18.6. The number of benzene rings is 2. The van der Waals surface area contributed by atoms with E-state index >= 15 is 0 Å². The summed E-state index contributed by atoms with van der Waals surface area (Å²) >= 11 is 12.2. The summed E-state index contributed by atoms with van der Waals surface area (Å²) in [5.74, 6) is 0.348. The Hall–Kier alpha value is -1.45. The molecule has 0 unspecified atom stereocenters. The van der Waals surface area contributed by atoms with Crippen molar-refractivity contribution in [3.8, 4) is 5.75 Å². The lowest BCUT2D eigenvalue weighted by Crippen LogP contribution is -2.10. The molecule has 0 atom stereocenters. The molecule has 0 amide bonds. The van der Waals surface area contributed by atoms with E-state index in [1.165, 1.54) is 12.1 Å². The largest absolute Gasteiger partial charge is 0.489 e. The highest BCUT2D eigenvalue weighted by Gasteiger charge is 2.12. The van der Waals surface area contributed by atoms with E-state index in [0.717, 1.165) is 11.3 Å². The van der Waals surface area contributed by atoms with E-state index in [2.05, 4.69) is 5.32 Å². The highest BCUT2D eigenvalue weighted by atomic mass is 35.5. The maximum absolute atomic E-state index is 12.9. The first-order valence-electron chi connectivity index (χ1n) is 6.59. The number of rotatable bonds is 5. The summed E-state index contributed by atoms with van der Waals surface area (Å²) in [6.45, 7) is 4.35. The van der Waals surface area contributed by atoms with E-state index in [0.29, 0.717) is 22.3 Å². The molecule has 2 rings (SSSR count). The average molecular weight is 328 g/mol. The van der Waals surface area contributed by atoms with Gasteiger partial charge in [0.1, 0.15) is 11.6 Å². The molecule has 0 aromatic heterocycles. The fourth-order valence-corrected chi connectivity index (χ4v) is 2.46. The second kappa shape index (κ2) is 7.01. The van der Waals surface area contributed by atoms with Crippen molar-refractivity contribution in [2.75, 3.05) is 5.32 Å². The van der Waals surface area contributed by atoms with Crippen LogP contribution in [-0.2, 0) is 6.54 Å². The van der Waals surface area contributed by atoms with E-state index in [4.69, 9.17) is 27.9 Å². The molecule has 0 saturated heterocycles. The summed E-state index contributed by atoms with van der Waals surface area (Å²) in [4.78, 5) is 0. The van der Waals surface area contributed by atoms with Gasteiger partial charge in [-0.3, -0.25) is 0 Å². The van der Waals surface area contributed by atoms with Crippen molar-refractivity contribution >= 4 is 28.9 Å². The Kier molecular flexibility index (Phi) is 5.32. The van der Waals surface area contributed by atoms with Crippen LogP contribution >= 0.6 is 23.2 Å². The maximum Gasteiger partial charge on any atom is 0.143 e. The zero-order valence-corrected chi connectivity index (χ0v) is 13.3. The van der Waals surface area contributed by atoms with Gasteiger partial charge in [0.05, 0.1) is 11.1 Å². The molecule has 1 N–H and O–H groups in total. The van der Waals surface area contributed by atoms with E-state index in [1.54, 1.807) is 18.2 Å². The van der Waals surface area contributed by atoms with Crippen molar-refractivity contribution in [3.63, 3.8) is 0 Å². The van der Waals surface area contributed by atoms with Gasteiger partial charge in [-0.25, -0.2) is 4.39 Å². The topological polar surface area (TPSA) is 21.3 Å². The monoisotopic (exact) mass is 327 g/mol. The third-order valence-corrected chi connectivity index (χ3v) is 3.27. The SMILES string of the molecule is CC(C)Oc1c(Cl)cc(Cl)cc1CNc1ccc(F)cc1. The quantitative estimate of drug-likeness (QED) is 0.779. The van der Waals surface area contributed by atoms with Crippen LogP contribution in [-0.4, -0.2) is 6.10 Å². The summed E-state index contributed by atoms with van der Waals surface area (Å²) in [5, 5.41) is 4.22. The summed E-state index contributed by atoms with van der Waals surface area (Å²) in [7, 11) is 0. The number of hydrogen-bond donors (Lipinski definition) is 1. The predicted molar refractivity (Wildman–Crippen MR) is 86.0 cm³/mol. The summed E-state index contributed by atoms with van der Waals surface area (Å²) in [6, 6.07) is 9.61. The smallest absolute Gasteiger partial charge is 0.143 e. The van der Waals surface area contributed by atoms with Crippen molar-refractivity contribution in [1.82, 2.24) is 0 Å². The second-order valence-corrected chi connectivity index (χ2v) is 5.75. The van der Waals surface area contributed by atoms with Crippen LogP contribution in [0.5, 0.6) is 5.75 Å². The average Bonchev–Trinajstić information content (AvgIpc) is 2.41. The Morgan fingerprint density at radius 3 is 2.43 bits per heavy atom. The Bertz CT molecular complexity index is 614. The predicted octanol–water partition coefficient (Wildman–Crippen LogP) is 5.53. The molecule has 0 spiro atoms. The van der Waals surface area contributed by atoms with Crippen LogP contribution in [0, 0.1) is 5.82 Å². The first-order chi connectivity index (χ1) is 9.95. The van der Waals surface area contributed by atoms with Gasteiger partial charge in [-0.2, -0.15) is 0 Å². The number of ether oxygens (including phenoxy) is 1. The summed E-state index contributed by atoms with van der Waals surface area (Å²) in [6.07, 6.45) is 0.00764. The Morgan fingerprint density at radius 1 is 1.14 bits per heavy atom. The molecule has 21 heavy (non-hydrogen) atoms. The van der Waals surface area contributed by atoms with E-state index < -0.39 is 0 Å². The molecule has 0 aliphatic carbocycles. The van der Waals surface area contributed by atoms with Gasteiger partial charge in [0, 0.05) is 22.8 Å². The molecule has 112 valence electrons. The Balaban J connectivity index is 2.19. The van der Waals surface area contributed by atoms with E-state index in [-0.39, 0.29) is 11.9 Å². The van der Waals surface area contributed by atoms with Gasteiger partial charge < -0.3 is 10.1 Å². The van der Waals surface area contributed by atoms with Crippen LogP contribution in [0.3, 0.4) is 0 Å². The first-order valence-corrected chi connectivity index (χ1v) is 7.35. The van der Waals surface area contributed by atoms with Crippen LogP contribution < -0.4 is 10.1 Å². The molecule has 0 saturated carbocycles. The molecule has 2 aromatic carbocycles. The molecule has 0 radical (unpaired) electrons. The molecule has 0 bridgehead atoms. The molecule has 5 heteroatoms. The van der Waals surface area contributed by atoms with Gasteiger partial charge in [-0.05, 0) is 50.2 Å². The molecule has 2 nitrogen and oxygen atoms in total. The van der Waals surface area contributed by atoms with Crippen molar-refractivity contribution in [1.29, 1.82) is 0 Å². The Labute approximate surface area is 133 Å². The fraction of sp³-hybridized carbons (Fsp3) is 0.250. The molecular formula is C16H16Cl2FNO. The molecule has 0 heterocycles. The van der Waals surface area contributed by atoms with Crippen LogP contribution in [0.15, 0.2) is 36.4 Å². The molecule has 2 aromatic rings. The van der Waals surface area contributed by atoms with Gasteiger partial charge in [0.25, 0.3) is 0 Å².